The Balaban J connectivity index is 1.96. The van der Waals surface area contributed by atoms with Crippen LogP contribution in [0, 0.1) is 0 Å². The first-order valence-electron chi connectivity index (χ1n) is 9.79. The lowest BCUT2D eigenvalue weighted by atomic mass is 10.2. The second-order valence-electron chi connectivity index (χ2n) is 6.19. The number of para-hydroxylation sites is 1. The van der Waals surface area contributed by atoms with Gasteiger partial charge in [-0.15, -0.1) is 0 Å². The lowest BCUT2D eigenvalue weighted by Crippen LogP contribution is -2.36. The molecule has 7 nitrogen and oxygen atoms in total. The Kier molecular flexibility index (Phi) is 9.63. The van der Waals surface area contributed by atoms with Crippen LogP contribution in [0.4, 0.5) is 8.78 Å². The molecule has 1 aromatic heterocycles. The maximum Gasteiger partial charge on any atom is 0.387 e. The number of nitrogens with one attached hydrogen (secondary N) is 2. The third kappa shape index (κ3) is 7.38. The predicted molar refractivity (Wildman–Crippen MR) is 111 cm³/mol. The van der Waals surface area contributed by atoms with Crippen molar-refractivity contribution < 1.29 is 23.0 Å². The molecule has 0 aliphatic rings. The van der Waals surface area contributed by atoms with E-state index < -0.39 is 6.61 Å². The molecule has 0 unspecified atom stereocenters. The van der Waals surface area contributed by atoms with Crippen molar-refractivity contribution in [2.75, 3.05) is 20.3 Å². The largest absolute Gasteiger partial charge is 0.490 e. The summed E-state index contributed by atoms with van der Waals surface area (Å²) in [5, 5.41) is 6.25. The van der Waals surface area contributed by atoms with Gasteiger partial charge in [-0.2, -0.15) is 8.78 Å². The Bertz CT molecular complexity index is 801. The summed E-state index contributed by atoms with van der Waals surface area (Å²) in [6.45, 7) is 2.55. The molecule has 0 bridgehead atoms. The molecule has 0 aliphatic carbocycles. The molecule has 164 valence electrons. The van der Waals surface area contributed by atoms with E-state index in [0.717, 1.165) is 12.0 Å². The molecular formula is C21H28F2N4O3. The maximum atomic E-state index is 12.8. The zero-order valence-electron chi connectivity index (χ0n) is 17.5. The summed E-state index contributed by atoms with van der Waals surface area (Å²) < 4.78 is 41.2. The SMILES string of the molecule is CCCOc1ccc(CNC(=NC)NCc2cccc(OCC)c2OC(F)F)cn1. The lowest BCUT2D eigenvalue weighted by Gasteiger charge is -2.17. The first-order chi connectivity index (χ1) is 14.6. The number of ether oxygens (including phenoxy) is 3. The molecule has 1 heterocycles. The second kappa shape index (κ2) is 12.5. The normalized spacial score (nSPS) is 11.3. The molecule has 9 heteroatoms. The summed E-state index contributed by atoms with van der Waals surface area (Å²) in [7, 11) is 1.63. The minimum atomic E-state index is -2.94. The Labute approximate surface area is 175 Å². The molecule has 0 saturated heterocycles. The fourth-order valence-corrected chi connectivity index (χ4v) is 2.59. The van der Waals surface area contributed by atoms with Gasteiger partial charge in [-0.3, -0.25) is 4.99 Å². The summed E-state index contributed by atoms with van der Waals surface area (Å²) in [4.78, 5) is 8.41. The van der Waals surface area contributed by atoms with Gasteiger partial charge in [0.05, 0.1) is 13.2 Å². The number of aromatic nitrogens is 1. The van der Waals surface area contributed by atoms with Crippen LogP contribution in [0.2, 0.25) is 0 Å². The van der Waals surface area contributed by atoms with Crippen LogP contribution in [0.3, 0.4) is 0 Å². The van der Waals surface area contributed by atoms with Gasteiger partial charge in [-0.25, -0.2) is 4.98 Å². The maximum absolute atomic E-state index is 12.8. The Morgan fingerprint density at radius 2 is 1.90 bits per heavy atom. The molecule has 0 atom stereocenters. The smallest absolute Gasteiger partial charge is 0.387 e. The zero-order valence-corrected chi connectivity index (χ0v) is 17.5. The molecule has 30 heavy (non-hydrogen) atoms. The Morgan fingerprint density at radius 1 is 1.10 bits per heavy atom. The van der Waals surface area contributed by atoms with Crippen molar-refractivity contribution in [1.29, 1.82) is 0 Å². The van der Waals surface area contributed by atoms with Gasteiger partial charge in [0.25, 0.3) is 0 Å². The number of guanidine groups is 1. The van der Waals surface area contributed by atoms with Crippen molar-refractivity contribution in [1.82, 2.24) is 15.6 Å². The highest BCUT2D eigenvalue weighted by Crippen LogP contribution is 2.32. The molecular weight excluding hydrogens is 394 g/mol. The van der Waals surface area contributed by atoms with E-state index in [1.54, 1.807) is 38.4 Å². The molecule has 0 radical (unpaired) electrons. The Hall–Kier alpha value is -3.10. The number of aliphatic imine (C=N–C) groups is 1. The summed E-state index contributed by atoms with van der Waals surface area (Å²) in [6, 6.07) is 8.75. The molecule has 0 fully saturated rings. The van der Waals surface area contributed by atoms with E-state index in [1.807, 2.05) is 19.1 Å². The number of rotatable bonds is 11. The van der Waals surface area contributed by atoms with Crippen LogP contribution < -0.4 is 24.8 Å². The third-order valence-electron chi connectivity index (χ3n) is 3.95. The number of alkyl halides is 2. The predicted octanol–water partition coefficient (Wildman–Crippen LogP) is 3.74. The van der Waals surface area contributed by atoms with Crippen molar-refractivity contribution in [3.8, 4) is 17.4 Å². The molecule has 0 saturated carbocycles. The van der Waals surface area contributed by atoms with Crippen LogP contribution in [0.1, 0.15) is 31.4 Å². The van der Waals surface area contributed by atoms with Gasteiger partial charge in [0.1, 0.15) is 0 Å². The summed E-state index contributed by atoms with van der Waals surface area (Å²) in [6.07, 6.45) is 2.65. The van der Waals surface area contributed by atoms with Crippen molar-refractivity contribution in [2.24, 2.45) is 4.99 Å². The van der Waals surface area contributed by atoms with E-state index in [4.69, 9.17) is 9.47 Å². The average molecular weight is 422 g/mol. The van der Waals surface area contributed by atoms with Gasteiger partial charge in [-0.05, 0) is 25.0 Å². The number of hydrogen-bond donors (Lipinski definition) is 2. The van der Waals surface area contributed by atoms with E-state index in [-0.39, 0.29) is 18.0 Å². The fourth-order valence-electron chi connectivity index (χ4n) is 2.59. The highest BCUT2D eigenvalue weighted by Gasteiger charge is 2.16. The molecule has 2 N–H and O–H groups in total. The third-order valence-corrected chi connectivity index (χ3v) is 3.95. The van der Waals surface area contributed by atoms with E-state index in [2.05, 4.69) is 25.3 Å². The monoisotopic (exact) mass is 422 g/mol. The van der Waals surface area contributed by atoms with Gasteiger partial charge in [-0.1, -0.05) is 25.1 Å². The summed E-state index contributed by atoms with van der Waals surface area (Å²) in [5.41, 5.74) is 1.48. The lowest BCUT2D eigenvalue weighted by molar-refractivity contribution is -0.0520. The van der Waals surface area contributed by atoms with E-state index in [1.165, 1.54) is 0 Å². The quantitative estimate of drug-likeness (QED) is 0.424. The highest BCUT2D eigenvalue weighted by molar-refractivity contribution is 5.79. The van der Waals surface area contributed by atoms with Crippen LogP contribution in [-0.4, -0.2) is 37.8 Å². The minimum absolute atomic E-state index is 0.0178. The molecule has 1 aromatic carbocycles. The van der Waals surface area contributed by atoms with Crippen molar-refractivity contribution in [3.63, 3.8) is 0 Å². The van der Waals surface area contributed by atoms with Crippen LogP contribution in [-0.2, 0) is 13.1 Å². The van der Waals surface area contributed by atoms with E-state index >= 15 is 0 Å². The number of nitrogens with zero attached hydrogens (tertiary/aromatic N) is 2. The number of halogens is 2. The number of pyridine rings is 1. The van der Waals surface area contributed by atoms with Gasteiger partial charge in [0, 0.05) is 38.0 Å². The topological polar surface area (TPSA) is 77.0 Å². The minimum Gasteiger partial charge on any atom is -0.490 e. The zero-order chi connectivity index (χ0) is 21.8. The first-order valence-corrected chi connectivity index (χ1v) is 9.79. The van der Waals surface area contributed by atoms with Crippen LogP contribution in [0.25, 0.3) is 0 Å². The number of hydrogen-bond acceptors (Lipinski definition) is 5. The number of benzene rings is 1. The van der Waals surface area contributed by atoms with Crippen LogP contribution in [0.5, 0.6) is 17.4 Å². The van der Waals surface area contributed by atoms with Crippen molar-refractivity contribution in [2.45, 2.75) is 40.0 Å². The standard InChI is InChI=1S/C21H28F2N4O3/c1-4-11-29-18-10-9-15(12-25-18)13-26-21(24-3)27-14-16-7-6-8-17(28-5-2)19(16)30-20(22)23/h6-10,12,20H,4-5,11,13-14H2,1-3H3,(H2,24,26,27). The van der Waals surface area contributed by atoms with Crippen molar-refractivity contribution in [3.05, 3.63) is 47.7 Å². The van der Waals surface area contributed by atoms with E-state index in [9.17, 15) is 8.78 Å². The van der Waals surface area contributed by atoms with Gasteiger partial charge < -0.3 is 24.8 Å². The average Bonchev–Trinajstić information content (AvgIpc) is 2.75. The first kappa shape index (κ1) is 23.2. The van der Waals surface area contributed by atoms with Crippen LogP contribution >= 0.6 is 0 Å². The van der Waals surface area contributed by atoms with Gasteiger partial charge >= 0.3 is 6.61 Å². The van der Waals surface area contributed by atoms with Crippen LogP contribution in [0.15, 0.2) is 41.5 Å². The second-order valence-corrected chi connectivity index (χ2v) is 6.19. The summed E-state index contributed by atoms with van der Waals surface area (Å²) >= 11 is 0. The molecule has 2 aromatic rings. The molecule has 0 amide bonds. The Morgan fingerprint density at radius 3 is 2.53 bits per heavy atom. The summed E-state index contributed by atoms with van der Waals surface area (Å²) in [5.74, 6) is 1.38. The highest BCUT2D eigenvalue weighted by atomic mass is 19.3. The molecule has 0 aliphatic heterocycles. The fraction of sp³-hybridized carbons (Fsp3) is 0.429. The van der Waals surface area contributed by atoms with Gasteiger partial charge in [0.2, 0.25) is 5.88 Å². The molecule has 0 spiro atoms. The van der Waals surface area contributed by atoms with Gasteiger partial charge in [0.15, 0.2) is 17.5 Å². The van der Waals surface area contributed by atoms with Crippen molar-refractivity contribution >= 4 is 5.96 Å². The van der Waals surface area contributed by atoms with E-state index in [0.29, 0.717) is 37.2 Å². The molecule has 2 rings (SSSR count).